The van der Waals surface area contributed by atoms with Gasteiger partial charge in [0.05, 0.1) is 11.9 Å². The van der Waals surface area contributed by atoms with Gasteiger partial charge >= 0.3 is 0 Å². The van der Waals surface area contributed by atoms with E-state index in [9.17, 15) is 0 Å². The van der Waals surface area contributed by atoms with Gasteiger partial charge in [-0.25, -0.2) is 0 Å². The highest BCUT2D eigenvalue weighted by atomic mass is 14.8. The summed E-state index contributed by atoms with van der Waals surface area (Å²) < 4.78 is 0. The van der Waals surface area contributed by atoms with Crippen molar-refractivity contribution in [1.29, 1.82) is 5.26 Å². The van der Waals surface area contributed by atoms with Crippen molar-refractivity contribution in [2.24, 2.45) is 11.5 Å². The van der Waals surface area contributed by atoms with Crippen LogP contribution < -0.4 is 11.5 Å². The zero-order chi connectivity index (χ0) is 8.41. The summed E-state index contributed by atoms with van der Waals surface area (Å²) in [5.74, 6) is 0.296. The smallest absolute Gasteiger partial charge is 0.0933 e. The third-order valence-corrected chi connectivity index (χ3v) is 0.402. The van der Waals surface area contributed by atoms with Gasteiger partial charge in [-0.2, -0.15) is 5.26 Å². The van der Waals surface area contributed by atoms with Crippen molar-refractivity contribution in [2.75, 3.05) is 0 Å². The van der Waals surface area contributed by atoms with E-state index in [2.05, 4.69) is 13.2 Å². The third-order valence-electron chi connectivity index (χ3n) is 0.402. The molecule has 0 aromatic carbocycles. The van der Waals surface area contributed by atoms with Crippen molar-refractivity contribution in [3.63, 3.8) is 0 Å². The topological polar surface area (TPSA) is 75.8 Å². The maximum atomic E-state index is 7.51. The van der Waals surface area contributed by atoms with Crippen LogP contribution in [0.15, 0.2) is 37.2 Å². The van der Waals surface area contributed by atoms with Crippen molar-refractivity contribution in [1.82, 2.24) is 0 Å². The van der Waals surface area contributed by atoms with Crippen LogP contribution in [0, 0.1) is 11.3 Å². The molecule has 0 amide bonds. The van der Waals surface area contributed by atoms with Crippen molar-refractivity contribution >= 4 is 0 Å². The maximum absolute atomic E-state index is 7.51. The highest BCUT2D eigenvalue weighted by Crippen LogP contribution is 1.66. The number of nitrogens with two attached hydrogens (primary N) is 2. The monoisotopic (exact) mass is 137 g/mol. The van der Waals surface area contributed by atoms with Crippen LogP contribution in [0.25, 0.3) is 0 Å². The second-order valence-corrected chi connectivity index (χ2v) is 1.24. The van der Waals surface area contributed by atoms with Gasteiger partial charge in [0.25, 0.3) is 0 Å². The van der Waals surface area contributed by atoms with Crippen molar-refractivity contribution in [3.8, 4) is 6.07 Å². The summed E-state index contributed by atoms with van der Waals surface area (Å²) in [4.78, 5) is 0. The Morgan fingerprint density at radius 1 is 1.40 bits per heavy atom. The molecule has 0 radical (unpaired) electrons. The molecular formula is C7H11N3. The van der Waals surface area contributed by atoms with Crippen LogP contribution in [0.3, 0.4) is 0 Å². The van der Waals surface area contributed by atoms with Crippen LogP contribution in [-0.2, 0) is 0 Å². The molecule has 0 spiro atoms. The SMILES string of the molecule is C=CC#N.C=CC=C(N)N. The highest BCUT2D eigenvalue weighted by molar-refractivity contribution is 5.02. The molecular weight excluding hydrogens is 126 g/mol. The van der Waals surface area contributed by atoms with Crippen molar-refractivity contribution in [3.05, 3.63) is 37.2 Å². The standard InChI is InChI=1S/C4H8N2.C3H3N/c1-2-3-4(5)6;1-2-3-4/h2-3H,1,5-6H2;2H,1H2. The lowest BCUT2D eigenvalue weighted by Gasteiger charge is -1.79. The molecule has 0 aliphatic rings. The third kappa shape index (κ3) is 33.3. The Morgan fingerprint density at radius 3 is 1.80 bits per heavy atom. The molecule has 54 valence electrons. The number of nitriles is 1. The zero-order valence-corrected chi connectivity index (χ0v) is 5.75. The predicted molar refractivity (Wildman–Crippen MR) is 42.5 cm³/mol. The first-order valence-electron chi connectivity index (χ1n) is 2.53. The van der Waals surface area contributed by atoms with Crippen molar-refractivity contribution in [2.45, 2.75) is 0 Å². The molecule has 0 unspecified atom stereocenters. The van der Waals surface area contributed by atoms with Crippen LogP contribution in [0.1, 0.15) is 0 Å². The molecule has 0 rings (SSSR count). The molecule has 0 atom stereocenters. The summed E-state index contributed by atoms with van der Waals surface area (Å²) in [6.45, 7) is 6.48. The number of hydrogen-bond acceptors (Lipinski definition) is 3. The normalized spacial score (nSPS) is 5.50. The van der Waals surface area contributed by atoms with Gasteiger partial charge in [-0.05, 0) is 6.08 Å². The molecule has 3 heteroatoms. The fourth-order valence-corrected chi connectivity index (χ4v) is 0.136. The first-order valence-corrected chi connectivity index (χ1v) is 2.53. The largest absolute Gasteiger partial charge is 0.386 e. The van der Waals surface area contributed by atoms with E-state index in [4.69, 9.17) is 16.7 Å². The average Bonchev–Trinajstić information content (AvgIpc) is 1.89. The van der Waals surface area contributed by atoms with Crippen LogP contribution in [0.5, 0.6) is 0 Å². The zero-order valence-electron chi connectivity index (χ0n) is 5.75. The molecule has 0 aliphatic carbocycles. The Balaban J connectivity index is 0. The van der Waals surface area contributed by atoms with Gasteiger partial charge in [0, 0.05) is 6.08 Å². The molecule has 0 aromatic heterocycles. The average molecular weight is 137 g/mol. The fraction of sp³-hybridized carbons (Fsp3) is 0. The summed E-state index contributed by atoms with van der Waals surface area (Å²) in [6.07, 6.45) is 4.25. The quantitative estimate of drug-likeness (QED) is 0.411. The van der Waals surface area contributed by atoms with E-state index in [1.165, 1.54) is 18.2 Å². The van der Waals surface area contributed by atoms with Gasteiger partial charge in [-0.3, -0.25) is 0 Å². The van der Waals surface area contributed by atoms with E-state index in [0.717, 1.165) is 0 Å². The Bertz CT molecular complexity index is 158. The molecule has 0 aliphatic heterocycles. The Morgan fingerprint density at radius 2 is 1.80 bits per heavy atom. The van der Waals surface area contributed by atoms with Gasteiger partial charge < -0.3 is 11.5 Å². The van der Waals surface area contributed by atoms with Gasteiger partial charge in [0.2, 0.25) is 0 Å². The molecule has 0 bridgehead atoms. The lowest BCUT2D eigenvalue weighted by molar-refractivity contribution is 1.25. The number of allylic oxidation sites excluding steroid dienone is 3. The molecule has 10 heavy (non-hydrogen) atoms. The van der Waals surface area contributed by atoms with Gasteiger partial charge in [0.15, 0.2) is 0 Å². The van der Waals surface area contributed by atoms with Gasteiger partial charge in [-0.1, -0.05) is 19.2 Å². The van der Waals surface area contributed by atoms with Crippen LogP contribution in [-0.4, -0.2) is 0 Å². The van der Waals surface area contributed by atoms with E-state index in [-0.39, 0.29) is 0 Å². The van der Waals surface area contributed by atoms with Crippen LogP contribution >= 0.6 is 0 Å². The molecule has 0 fully saturated rings. The lowest BCUT2D eigenvalue weighted by Crippen LogP contribution is -2.06. The summed E-state index contributed by atoms with van der Waals surface area (Å²) in [6, 6.07) is 1.69. The lowest BCUT2D eigenvalue weighted by atomic mass is 10.6. The Labute approximate surface area is 60.9 Å². The summed E-state index contributed by atoms with van der Waals surface area (Å²) in [5.41, 5.74) is 9.94. The van der Waals surface area contributed by atoms with Gasteiger partial charge in [-0.15, -0.1) is 0 Å². The molecule has 0 saturated carbocycles. The van der Waals surface area contributed by atoms with Crippen LogP contribution in [0.4, 0.5) is 0 Å². The number of nitrogens with zero attached hydrogens (tertiary/aromatic N) is 1. The minimum Gasteiger partial charge on any atom is -0.386 e. The number of rotatable bonds is 1. The Kier molecular flexibility index (Phi) is 11.5. The molecule has 3 nitrogen and oxygen atoms in total. The second kappa shape index (κ2) is 10.3. The predicted octanol–water partition coefficient (Wildman–Crippen LogP) is 0.627. The van der Waals surface area contributed by atoms with E-state index in [1.807, 2.05) is 0 Å². The molecule has 4 N–H and O–H groups in total. The van der Waals surface area contributed by atoms with E-state index in [1.54, 1.807) is 6.07 Å². The van der Waals surface area contributed by atoms with Gasteiger partial charge in [0.1, 0.15) is 0 Å². The molecule has 0 heterocycles. The fourth-order valence-electron chi connectivity index (χ4n) is 0.136. The summed E-state index contributed by atoms with van der Waals surface area (Å²) >= 11 is 0. The van der Waals surface area contributed by atoms with E-state index in [0.29, 0.717) is 5.82 Å². The highest BCUT2D eigenvalue weighted by Gasteiger charge is 1.63. The van der Waals surface area contributed by atoms with Crippen molar-refractivity contribution < 1.29 is 0 Å². The summed E-state index contributed by atoms with van der Waals surface area (Å²) in [5, 5.41) is 7.51. The van der Waals surface area contributed by atoms with Crippen LogP contribution in [0.2, 0.25) is 0 Å². The molecule has 0 saturated heterocycles. The Hall–Kier alpha value is -1.69. The first-order chi connectivity index (χ1) is 4.68. The molecule has 0 aromatic rings. The van der Waals surface area contributed by atoms with E-state index >= 15 is 0 Å². The number of hydrogen-bond donors (Lipinski definition) is 2. The maximum Gasteiger partial charge on any atom is 0.0933 e. The minimum atomic E-state index is 0.296. The first kappa shape index (κ1) is 11.2. The second-order valence-electron chi connectivity index (χ2n) is 1.24. The summed E-state index contributed by atoms with van der Waals surface area (Å²) in [7, 11) is 0. The minimum absolute atomic E-state index is 0.296. The van der Waals surface area contributed by atoms with E-state index < -0.39 is 0 Å².